The number of hydrogen-bond acceptors (Lipinski definition) is 3. The van der Waals surface area contributed by atoms with Gasteiger partial charge in [0.25, 0.3) is 0 Å². The van der Waals surface area contributed by atoms with Crippen molar-refractivity contribution in [2.75, 3.05) is 18.6 Å². The van der Waals surface area contributed by atoms with Crippen LogP contribution in [0.2, 0.25) is 0 Å². The number of hydrogen-bond donors (Lipinski definition) is 2. The zero-order chi connectivity index (χ0) is 11.9. The van der Waals surface area contributed by atoms with E-state index in [4.69, 9.17) is 5.73 Å². The van der Waals surface area contributed by atoms with E-state index in [1.54, 1.807) is 0 Å². The van der Waals surface area contributed by atoms with Crippen LogP contribution in [0.4, 0.5) is 0 Å². The molecule has 0 radical (unpaired) electrons. The third-order valence-electron chi connectivity index (χ3n) is 2.29. The van der Waals surface area contributed by atoms with Crippen molar-refractivity contribution in [1.82, 2.24) is 5.32 Å². The molecule has 0 saturated carbocycles. The highest BCUT2D eigenvalue weighted by atomic mass is 32.2. The van der Waals surface area contributed by atoms with Crippen molar-refractivity contribution in [2.45, 2.75) is 39.7 Å². The van der Waals surface area contributed by atoms with Gasteiger partial charge in [0, 0.05) is 6.54 Å². The smallest absolute Gasteiger partial charge is 0.237 e. The topological polar surface area (TPSA) is 55.1 Å². The van der Waals surface area contributed by atoms with Crippen LogP contribution in [-0.2, 0) is 4.79 Å². The minimum Gasteiger partial charge on any atom is -0.355 e. The fourth-order valence-corrected chi connectivity index (χ4v) is 1.58. The summed E-state index contributed by atoms with van der Waals surface area (Å²) in [6.07, 6.45) is 4.27. The van der Waals surface area contributed by atoms with E-state index in [1.165, 1.54) is 0 Å². The fourth-order valence-electron chi connectivity index (χ4n) is 1.09. The average molecular weight is 232 g/mol. The first-order valence-corrected chi connectivity index (χ1v) is 6.81. The number of amides is 1. The van der Waals surface area contributed by atoms with Gasteiger partial charge in [0.1, 0.15) is 0 Å². The number of unbranched alkanes of at least 4 members (excludes halogenated alkanes) is 1. The lowest BCUT2D eigenvalue weighted by atomic mass is 9.87. The molecule has 1 atom stereocenters. The lowest BCUT2D eigenvalue weighted by molar-refractivity contribution is -0.124. The second-order valence-corrected chi connectivity index (χ2v) is 5.82. The Bertz CT molecular complexity index is 190. The van der Waals surface area contributed by atoms with Crippen molar-refractivity contribution in [3.8, 4) is 0 Å². The highest BCUT2D eigenvalue weighted by molar-refractivity contribution is 7.98. The van der Waals surface area contributed by atoms with Gasteiger partial charge in [-0.3, -0.25) is 4.79 Å². The lowest BCUT2D eigenvalue weighted by Crippen LogP contribution is -2.48. The van der Waals surface area contributed by atoms with Gasteiger partial charge >= 0.3 is 0 Å². The molecule has 15 heavy (non-hydrogen) atoms. The van der Waals surface area contributed by atoms with Gasteiger partial charge in [0.05, 0.1) is 6.04 Å². The third kappa shape index (κ3) is 6.79. The molecule has 3 N–H and O–H groups in total. The largest absolute Gasteiger partial charge is 0.355 e. The zero-order valence-electron chi connectivity index (χ0n) is 10.3. The molecule has 0 aromatic carbocycles. The van der Waals surface area contributed by atoms with Crippen LogP contribution in [-0.4, -0.2) is 30.5 Å². The molecule has 3 nitrogen and oxygen atoms in total. The van der Waals surface area contributed by atoms with Crippen LogP contribution >= 0.6 is 11.8 Å². The normalized spacial score (nSPS) is 13.7. The van der Waals surface area contributed by atoms with Crippen molar-refractivity contribution in [1.29, 1.82) is 0 Å². The summed E-state index contributed by atoms with van der Waals surface area (Å²) in [5, 5.41) is 2.87. The van der Waals surface area contributed by atoms with E-state index in [1.807, 2.05) is 32.5 Å². The van der Waals surface area contributed by atoms with Crippen LogP contribution in [0.1, 0.15) is 33.6 Å². The van der Waals surface area contributed by atoms with Crippen molar-refractivity contribution in [2.24, 2.45) is 11.1 Å². The Labute approximate surface area is 97.6 Å². The Morgan fingerprint density at radius 1 is 1.40 bits per heavy atom. The minimum atomic E-state index is -0.418. The molecule has 0 aromatic rings. The molecule has 0 saturated heterocycles. The molecule has 0 spiro atoms. The Kier molecular flexibility index (Phi) is 7.02. The van der Waals surface area contributed by atoms with E-state index in [2.05, 4.69) is 11.6 Å². The van der Waals surface area contributed by atoms with E-state index in [0.717, 1.165) is 25.1 Å². The molecule has 1 amide bonds. The van der Waals surface area contributed by atoms with E-state index in [0.29, 0.717) is 0 Å². The highest BCUT2D eigenvalue weighted by Gasteiger charge is 2.26. The summed E-state index contributed by atoms with van der Waals surface area (Å²) in [6.45, 7) is 6.67. The second-order valence-electron chi connectivity index (χ2n) is 4.83. The Hall–Kier alpha value is -0.220. The Morgan fingerprint density at radius 2 is 2.00 bits per heavy atom. The maximum Gasteiger partial charge on any atom is 0.237 e. The van der Waals surface area contributed by atoms with Crippen LogP contribution in [0.5, 0.6) is 0 Å². The van der Waals surface area contributed by atoms with Gasteiger partial charge in [0.15, 0.2) is 0 Å². The molecule has 0 fully saturated rings. The van der Waals surface area contributed by atoms with Crippen molar-refractivity contribution in [3.63, 3.8) is 0 Å². The summed E-state index contributed by atoms with van der Waals surface area (Å²) in [4.78, 5) is 11.6. The molecule has 0 aromatic heterocycles. The van der Waals surface area contributed by atoms with Crippen molar-refractivity contribution >= 4 is 17.7 Å². The molecule has 0 aliphatic rings. The molecule has 4 heteroatoms. The summed E-state index contributed by atoms with van der Waals surface area (Å²) < 4.78 is 0. The van der Waals surface area contributed by atoms with E-state index in [-0.39, 0.29) is 11.3 Å². The van der Waals surface area contributed by atoms with Crippen molar-refractivity contribution < 1.29 is 4.79 Å². The number of carbonyl (C=O) groups is 1. The first kappa shape index (κ1) is 14.8. The van der Waals surface area contributed by atoms with Gasteiger partial charge in [-0.25, -0.2) is 0 Å². The second kappa shape index (κ2) is 7.12. The molecule has 0 rings (SSSR count). The lowest BCUT2D eigenvalue weighted by Gasteiger charge is -2.25. The zero-order valence-corrected chi connectivity index (χ0v) is 11.1. The number of rotatable bonds is 6. The monoisotopic (exact) mass is 232 g/mol. The van der Waals surface area contributed by atoms with Gasteiger partial charge in [0.2, 0.25) is 5.91 Å². The predicted molar refractivity (Wildman–Crippen MR) is 68.1 cm³/mol. The SMILES string of the molecule is CSCCCCNC(=O)[C@H](N)C(C)(C)C. The third-order valence-corrected chi connectivity index (χ3v) is 2.99. The molecule has 0 aliphatic carbocycles. The first-order chi connectivity index (χ1) is 6.89. The fraction of sp³-hybridized carbons (Fsp3) is 0.909. The van der Waals surface area contributed by atoms with Crippen LogP contribution < -0.4 is 11.1 Å². The highest BCUT2D eigenvalue weighted by Crippen LogP contribution is 2.17. The van der Waals surface area contributed by atoms with Gasteiger partial charge in [-0.2, -0.15) is 11.8 Å². The molecule has 0 unspecified atom stereocenters. The summed E-state index contributed by atoms with van der Waals surface area (Å²) in [5.74, 6) is 1.12. The number of carbonyl (C=O) groups excluding carboxylic acids is 1. The number of nitrogens with two attached hydrogens (primary N) is 1. The van der Waals surface area contributed by atoms with Gasteiger partial charge in [-0.05, 0) is 30.3 Å². The summed E-state index contributed by atoms with van der Waals surface area (Å²) in [6, 6.07) is -0.418. The summed E-state index contributed by atoms with van der Waals surface area (Å²) >= 11 is 1.83. The molecule has 90 valence electrons. The van der Waals surface area contributed by atoms with Crippen LogP contribution in [0.3, 0.4) is 0 Å². The minimum absolute atomic E-state index is 0.0355. The summed E-state index contributed by atoms with van der Waals surface area (Å²) in [7, 11) is 0. The van der Waals surface area contributed by atoms with Crippen LogP contribution in [0.25, 0.3) is 0 Å². The first-order valence-electron chi connectivity index (χ1n) is 5.42. The molecular formula is C11H24N2OS. The molecule has 0 heterocycles. The molecule has 0 bridgehead atoms. The van der Waals surface area contributed by atoms with E-state index < -0.39 is 6.04 Å². The predicted octanol–water partition coefficient (Wildman–Crippen LogP) is 1.62. The van der Waals surface area contributed by atoms with Gasteiger partial charge in [-0.15, -0.1) is 0 Å². The number of thioether (sulfide) groups is 1. The van der Waals surface area contributed by atoms with E-state index in [9.17, 15) is 4.79 Å². The summed E-state index contributed by atoms with van der Waals surface area (Å²) in [5.41, 5.74) is 5.66. The maximum absolute atomic E-state index is 11.6. The average Bonchev–Trinajstić information content (AvgIpc) is 2.14. The molecular weight excluding hydrogens is 208 g/mol. The Balaban J connectivity index is 3.66. The van der Waals surface area contributed by atoms with E-state index >= 15 is 0 Å². The quantitative estimate of drug-likeness (QED) is 0.684. The van der Waals surface area contributed by atoms with Crippen molar-refractivity contribution in [3.05, 3.63) is 0 Å². The van der Waals surface area contributed by atoms with Crippen LogP contribution in [0.15, 0.2) is 0 Å². The van der Waals surface area contributed by atoms with Gasteiger partial charge in [-0.1, -0.05) is 20.8 Å². The van der Waals surface area contributed by atoms with Crippen LogP contribution in [0, 0.1) is 5.41 Å². The Morgan fingerprint density at radius 3 is 2.47 bits per heavy atom. The molecule has 0 aliphatic heterocycles. The standard InChI is InChI=1S/C11H24N2OS/c1-11(2,3)9(12)10(14)13-7-5-6-8-15-4/h9H,5-8,12H2,1-4H3,(H,13,14)/t9-/m0/s1. The van der Waals surface area contributed by atoms with Gasteiger partial charge < -0.3 is 11.1 Å². The maximum atomic E-state index is 11.6. The number of nitrogens with one attached hydrogen (secondary N) is 1.